The smallest absolute Gasteiger partial charge is 0.225 e. The number of rotatable bonds is 1. The third-order valence-electron chi connectivity index (χ3n) is 2.33. The summed E-state index contributed by atoms with van der Waals surface area (Å²) in [5.41, 5.74) is 2.17. The van der Waals surface area contributed by atoms with Gasteiger partial charge in [0.1, 0.15) is 0 Å². The highest BCUT2D eigenvalue weighted by molar-refractivity contribution is 5.78. The Kier molecular flexibility index (Phi) is 2.74. The van der Waals surface area contributed by atoms with E-state index in [4.69, 9.17) is 0 Å². The Labute approximate surface area is 73.4 Å². The highest BCUT2D eigenvalue weighted by Gasteiger charge is 2.14. The summed E-state index contributed by atoms with van der Waals surface area (Å²) < 4.78 is 0. The molecule has 0 aliphatic carbocycles. The van der Waals surface area contributed by atoms with Gasteiger partial charge >= 0.3 is 0 Å². The molecule has 0 unspecified atom stereocenters. The van der Waals surface area contributed by atoms with E-state index in [1.807, 2.05) is 13.8 Å². The summed E-state index contributed by atoms with van der Waals surface area (Å²) in [6.07, 6.45) is 0.600. The molecular weight excluding hydrogens is 152 g/mol. The summed E-state index contributed by atoms with van der Waals surface area (Å²) in [6, 6.07) is 0. The number of hydrogen-bond acceptors (Lipinski definition) is 2. The van der Waals surface area contributed by atoms with E-state index >= 15 is 0 Å². The molecule has 1 aliphatic heterocycles. The first-order chi connectivity index (χ1) is 5.65. The van der Waals surface area contributed by atoms with E-state index in [-0.39, 0.29) is 5.91 Å². The number of allylic oxidation sites excluding steroid dienone is 2. The summed E-state index contributed by atoms with van der Waals surface area (Å²) in [7, 11) is 0. The van der Waals surface area contributed by atoms with Crippen LogP contribution in [-0.4, -0.2) is 23.9 Å². The van der Waals surface area contributed by atoms with Crippen LogP contribution in [0, 0.1) is 0 Å². The van der Waals surface area contributed by atoms with Gasteiger partial charge in [0.2, 0.25) is 5.91 Å². The van der Waals surface area contributed by atoms with Gasteiger partial charge in [0, 0.05) is 30.9 Å². The zero-order valence-electron chi connectivity index (χ0n) is 7.98. The molecule has 1 amide bonds. The molecule has 0 aromatic heterocycles. The van der Waals surface area contributed by atoms with Gasteiger partial charge in [-0.25, -0.2) is 0 Å². The molecule has 0 saturated heterocycles. The predicted molar refractivity (Wildman–Crippen MR) is 48.4 cm³/mol. The van der Waals surface area contributed by atoms with E-state index < -0.39 is 0 Å². The fraction of sp³-hybridized carbons (Fsp3) is 0.667. The lowest BCUT2D eigenvalue weighted by Crippen LogP contribution is -2.22. The summed E-state index contributed by atoms with van der Waals surface area (Å²) in [5, 5.41) is 2.85. The molecule has 0 fully saturated rings. The van der Waals surface area contributed by atoms with Crippen LogP contribution in [0.5, 0.6) is 0 Å². The standard InChI is InChI=1S/C9H16N2O/c1-4-11-6-5-9(12)10-7(2)8(11)3/h4-6H2,1-3H3,(H,10,12). The molecule has 68 valence electrons. The lowest BCUT2D eigenvalue weighted by Gasteiger charge is -2.21. The van der Waals surface area contributed by atoms with Crippen LogP contribution in [0.15, 0.2) is 11.4 Å². The molecule has 1 rings (SSSR count). The minimum atomic E-state index is 0.128. The van der Waals surface area contributed by atoms with E-state index in [0.717, 1.165) is 18.8 Å². The number of hydrogen-bond donors (Lipinski definition) is 1. The Morgan fingerprint density at radius 3 is 2.75 bits per heavy atom. The quantitative estimate of drug-likeness (QED) is 0.635. The van der Waals surface area contributed by atoms with Crippen molar-refractivity contribution in [2.24, 2.45) is 0 Å². The third kappa shape index (κ3) is 1.78. The first kappa shape index (κ1) is 9.10. The maximum Gasteiger partial charge on any atom is 0.225 e. The summed E-state index contributed by atoms with van der Waals surface area (Å²) in [6.45, 7) is 7.90. The van der Waals surface area contributed by atoms with Crippen molar-refractivity contribution in [1.29, 1.82) is 0 Å². The van der Waals surface area contributed by atoms with Crippen molar-refractivity contribution in [3.8, 4) is 0 Å². The first-order valence-corrected chi connectivity index (χ1v) is 4.37. The molecule has 3 nitrogen and oxygen atoms in total. The Morgan fingerprint density at radius 1 is 1.50 bits per heavy atom. The van der Waals surface area contributed by atoms with Crippen LogP contribution in [0.2, 0.25) is 0 Å². The molecule has 12 heavy (non-hydrogen) atoms. The number of carbonyl (C=O) groups is 1. The second-order valence-electron chi connectivity index (χ2n) is 3.09. The highest BCUT2D eigenvalue weighted by Crippen LogP contribution is 2.11. The molecule has 0 radical (unpaired) electrons. The predicted octanol–water partition coefficient (Wildman–Crippen LogP) is 1.08. The third-order valence-corrected chi connectivity index (χ3v) is 2.33. The van der Waals surface area contributed by atoms with Gasteiger partial charge in [-0.05, 0) is 20.8 Å². The minimum Gasteiger partial charge on any atom is -0.373 e. The van der Waals surface area contributed by atoms with Crippen molar-refractivity contribution < 1.29 is 4.79 Å². The van der Waals surface area contributed by atoms with Crippen LogP contribution >= 0.6 is 0 Å². The van der Waals surface area contributed by atoms with Gasteiger partial charge in [-0.1, -0.05) is 0 Å². The molecule has 1 heterocycles. The van der Waals surface area contributed by atoms with E-state index in [1.165, 1.54) is 5.70 Å². The molecule has 0 spiro atoms. The topological polar surface area (TPSA) is 32.3 Å². The van der Waals surface area contributed by atoms with Crippen LogP contribution in [0.4, 0.5) is 0 Å². The van der Waals surface area contributed by atoms with Crippen LogP contribution in [0.25, 0.3) is 0 Å². The lowest BCUT2D eigenvalue weighted by molar-refractivity contribution is -0.120. The Morgan fingerprint density at radius 2 is 2.17 bits per heavy atom. The van der Waals surface area contributed by atoms with Gasteiger partial charge in [-0.15, -0.1) is 0 Å². The average molecular weight is 168 g/mol. The van der Waals surface area contributed by atoms with Crippen molar-refractivity contribution in [2.45, 2.75) is 27.2 Å². The fourth-order valence-corrected chi connectivity index (χ4v) is 1.40. The van der Waals surface area contributed by atoms with Crippen molar-refractivity contribution in [1.82, 2.24) is 10.2 Å². The summed E-state index contributed by atoms with van der Waals surface area (Å²) in [4.78, 5) is 13.3. The Hall–Kier alpha value is -0.990. The number of amides is 1. The molecule has 1 aliphatic rings. The molecule has 0 aromatic carbocycles. The van der Waals surface area contributed by atoms with Crippen LogP contribution in [0.1, 0.15) is 27.2 Å². The monoisotopic (exact) mass is 168 g/mol. The van der Waals surface area contributed by atoms with Crippen molar-refractivity contribution >= 4 is 5.91 Å². The SMILES string of the molecule is CCN1CCC(=O)NC(C)=C1C. The van der Waals surface area contributed by atoms with Crippen LogP contribution in [0.3, 0.4) is 0 Å². The molecule has 0 bridgehead atoms. The zero-order chi connectivity index (χ0) is 9.14. The molecule has 0 aromatic rings. The molecule has 0 saturated carbocycles. The maximum absolute atomic E-state index is 11.1. The lowest BCUT2D eigenvalue weighted by atomic mass is 10.3. The zero-order valence-corrected chi connectivity index (χ0v) is 7.98. The average Bonchev–Trinajstić information content (AvgIpc) is 2.14. The Balaban J connectivity index is 2.81. The van der Waals surface area contributed by atoms with Crippen LogP contribution in [-0.2, 0) is 4.79 Å². The second-order valence-corrected chi connectivity index (χ2v) is 3.09. The highest BCUT2D eigenvalue weighted by atomic mass is 16.1. The van der Waals surface area contributed by atoms with E-state index in [1.54, 1.807) is 0 Å². The van der Waals surface area contributed by atoms with E-state index in [2.05, 4.69) is 17.1 Å². The maximum atomic E-state index is 11.1. The van der Waals surface area contributed by atoms with E-state index in [0.29, 0.717) is 6.42 Å². The molecule has 3 heteroatoms. The molecule has 1 N–H and O–H groups in total. The van der Waals surface area contributed by atoms with Gasteiger partial charge < -0.3 is 10.2 Å². The second kappa shape index (κ2) is 3.61. The van der Waals surface area contributed by atoms with Gasteiger partial charge in [0.25, 0.3) is 0 Å². The van der Waals surface area contributed by atoms with Crippen molar-refractivity contribution in [2.75, 3.05) is 13.1 Å². The van der Waals surface area contributed by atoms with Crippen molar-refractivity contribution in [3.63, 3.8) is 0 Å². The van der Waals surface area contributed by atoms with Crippen molar-refractivity contribution in [3.05, 3.63) is 11.4 Å². The van der Waals surface area contributed by atoms with Gasteiger partial charge in [0.15, 0.2) is 0 Å². The largest absolute Gasteiger partial charge is 0.373 e. The minimum absolute atomic E-state index is 0.128. The van der Waals surface area contributed by atoms with Gasteiger partial charge in [-0.2, -0.15) is 0 Å². The molecular formula is C9H16N2O. The Bertz CT molecular complexity index is 221. The fourth-order valence-electron chi connectivity index (χ4n) is 1.40. The summed E-state index contributed by atoms with van der Waals surface area (Å²) >= 11 is 0. The summed E-state index contributed by atoms with van der Waals surface area (Å²) in [5.74, 6) is 0.128. The van der Waals surface area contributed by atoms with Gasteiger partial charge in [-0.3, -0.25) is 4.79 Å². The first-order valence-electron chi connectivity index (χ1n) is 4.37. The number of nitrogens with one attached hydrogen (secondary N) is 1. The van der Waals surface area contributed by atoms with E-state index in [9.17, 15) is 4.79 Å². The van der Waals surface area contributed by atoms with Crippen LogP contribution < -0.4 is 5.32 Å². The normalized spacial score (nSPS) is 19.2. The number of nitrogens with zero attached hydrogens (tertiary/aromatic N) is 1. The van der Waals surface area contributed by atoms with Gasteiger partial charge in [0.05, 0.1) is 0 Å². The molecule has 0 atom stereocenters. The number of carbonyl (C=O) groups excluding carboxylic acids is 1.